The fraction of sp³-hybridized carbons (Fsp3) is 0.677. The normalized spacial score (nSPS) is 22.4. The maximum absolute atomic E-state index is 3.92. The Hall–Kier alpha value is 0.216. The van der Waals surface area contributed by atoms with Crippen LogP contribution in [0, 0.1) is 0 Å². The number of rotatable bonds is 6. The van der Waals surface area contributed by atoms with Gasteiger partial charge in [-0.3, -0.25) is 0 Å². The van der Waals surface area contributed by atoms with Gasteiger partial charge < -0.3 is 41.0 Å². The SMILES string of the molecule is CC(C)(C)P(C[c-]1cc([Si](C)(C)C)cc1C(P)(C1CCCN1)C1CCCN1)C(C)(C)C.[Fe].[cH-]1[cH-][cH-][cH-][cH-]1. The molecule has 2 fully saturated rings. The van der Waals surface area contributed by atoms with Gasteiger partial charge in [-0.05, 0) is 49.1 Å². The van der Waals surface area contributed by atoms with Crippen molar-refractivity contribution in [3.05, 3.63) is 53.6 Å². The summed E-state index contributed by atoms with van der Waals surface area (Å²) in [7, 11) is 1.88. The zero-order valence-electron chi connectivity index (χ0n) is 25.0. The molecule has 0 amide bonds. The van der Waals surface area contributed by atoms with Crippen molar-refractivity contribution < 1.29 is 17.1 Å². The molecule has 2 saturated heterocycles. The smallest absolute Gasteiger partial charge is 0.0194 e. The predicted octanol–water partition coefficient (Wildman–Crippen LogP) is 7.51. The van der Waals surface area contributed by atoms with Gasteiger partial charge in [-0.2, -0.15) is 11.6 Å². The molecule has 3 unspecified atom stereocenters. The number of hydrogen-bond acceptors (Lipinski definition) is 2. The molecule has 2 aromatic rings. The second-order valence-electron chi connectivity index (χ2n) is 14.1. The van der Waals surface area contributed by atoms with Crippen LogP contribution in [0.5, 0.6) is 0 Å². The Morgan fingerprint density at radius 3 is 1.65 bits per heavy atom. The summed E-state index contributed by atoms with van der Waals surface area (Å²) >= 11 is 0. The molecule has 2 aliphatic rings. The summed E-state index contributed by atoms with van der Waals surface area (Å²) in [5, 5.41) is 10.3. The van der Waals surface area contributed by atoms with Crippen LogP contribution in [0.3, 0.4) is 0 Å². The van der Waals surface area contributed by atoms with E-state index in [2.05, 4.69) is 93.2 Å². The topological polar surface area (TPSA) is 24.1 Å². The molecule has 0 spiro atoms. The van der Waals surface area contributed by atoms with Crippen LogP contribution >= 0.6 is 17.2 Å². The van der Waals surface area contributed by atoms with Crippen molar-refractivity contribution in [2.45, 2.75) is 121 Å². The summed E-state index contributed by atoms with van der Waals surface area (Å²) in [6, 6.07) is 16.4. The molecule has 2 N–H and O–H groups in total. The first-order chi connectivity index (χ1) is 16.6. The third-order valence-corrected chi connectivity index (χ3v) is 15.1. The zero-order valence-corrected chi connectivity index (χ0v) is 29.2. The molecule has 0 bridgehead atoms. The largest absolute Gasteiger partial charge is 0.748 e. The number of nitrogens with one attached hydrogen (secondary N) is 2. The van der Waals surface area contributed by atoms with E-state index in [9.17, 15) is 0 Å². The fourth-order valence-corrected chi connectivity index (χ4v) is 11.9. The molecule has 0 radical (unpaired) electrons. The van der Waals surface area contributed by atoms with Crippen LogP contribution in [0.2, 0.25) is 19.6 Å². The van der Waals surface area contributed by atoms with Gasteiger partial charge in [0.1, 0.15) is 0 Å². The summed E-state index contributed by atoms with van der Waals surface area (Å²) in [6.45, 7) is 24.7. The van der Waals surface area contributed by atoms with E-state index >= 15 is 0 Å². The van der Waals surface area contributed by atoms with E-state index in [0.717, 1.165) is 0 Å². The van der Waals surface area contributed by atoms with E-state index < -0.39 is 8.07 Å². The minimum Gasteiger partial charge on any atom is -0.748 e. The first kappa shape index (κ1) is 33.4. The molecular weight excluding hydrogens is 546 g/mol. The summed E-state index contributed by atoms with van der Waals surface area (Å²) in [5.41, 5.74) is 3.31. The molecular formula is C31H54FeN2P2Si-6. The molecule has 2 aromatic carbocycles. The third kappa shape index (κ3) is 8.36. The Kier molecular flexibility index (Phi) is 12.0. The first-order valence-electron chi connectivity index (χ1n) is 14.2. The summed E-state index contributed by atoms with van der Waals surface area (Å²) < 4.78 is 0. The molecule has 216 valence electrons. The Morgan fingerprint density at radius 2 is 1.32 bits per heavy atom. The van der Waals surface area contributed by atoms with Gasteiger partial charge in [0.15, 0.2) is 0 Å². The fourth-order valence-electron chi connectivity index (χ4n) is 6.30. The minimum atomic E-state index is -1.39. The Labute approximate surface area is 244 Å². The second-order valence-corrected chi connectivity index (χ2v) is 23.9. The van der Waals surface area contributed by atoms with Gasteiger partial charge in [-0.1, -0.05) is 67.3 Å². The molecule has 0 saturated carbocycles. The van der Waals surface area contributed by atoms with E-state index in [0.29, 0.717) is 22.4 Å². The molecule has 4 rings (SSSR count). The zero-order chi connectivity index (χ0) is 26.8. The van der Waals surface area contributed by atoms with Crippen LogP contribution in [0.1, 0.15) is 78.4 Å². The van der Waals surface area contributed by atoms with Gasteiger partial charge in [0.05, 0.1) is 0 Å². The monoisotopic (exact) mass is 600 g/mol. The van der Waals surface area contributed by atoms with Gasteiger partial charge >= 0.3 is 0 Å². The Bertz CT molecular complexity index is 875. The second kappa shape index (κ2) is 13.3. The minimum absolute atomic E-state index is 0. The van der Waals surface area contributed by atoms with Crippen molar-refractivity contribution in [1.82, 2.24) is 10.6 Å². The van der Waals surface area contributed by atoms with Gasteiger partial charge in [0.25, 0.3) is 0 Å². The van der Waals surface area contributed by atoms with Crippen LogP contribution in [0.4, 0.5) is 0 Å². The summed E-state index contributed by atoms with van der Waals surface area (Å²) in [4.78, 5) is 0. The average molecular weight is 601 g/mol. The van der Waals surface area contributed by atoms with Crippen molar-refractivity contribution in [2.75, 3.05) is 13.1 Å². The van der Waals surface area contributed by atoms with Crippen LogP contribution in [0.15, 0.2) is 42.5 Å². The van der Waals surface area contributed by atoms with Gasteiger partial charge in [-0.25, -0.2) is 11.3 Å². The van der Waals surface area contributed by atoms with Gasteiger partial charge in [0, 0.05) is 42.4 Å². The van der Waals surface area contributed by atoms with E-state index in [1.165, 1.54) is 44.9 Å². The standard InChI is InChI=1S/C26H49N2P2Si.C5H5.Fe/c1-24(2,3)30(25(4,5)6)18-19-16-20(31(7,8)9)17-21(19)26(29,22-12-10-14-27-22)23-13-11-15-28-23;1-2-4-5-3-1;/h16-17,22-23,27-28H,10-15,18,29H2,1-9H3;1-5H;/q-1;-5;. The number of hydrogen-bond donors (Lipinski definition) is 2. The predicted molar refractivity (Wildman–Crippen MR) is 171 cm³/mol. The third-order valence-electron chi connectivity index (χ3n) is 8.09. The Morgan fingerprint density at radius 1 is 0.892 bits per heavy atom. The molecule has 0 aliphatic carbocycles. The van der Waals surface area contributed by atoms with Crippen molar-refractivity contribution >= 4 is 30.4 Å². The van der Waals surface area contributed by atoms with Crippen molar-refractivity contribution in [3.8, 4) is 0 Å². The molecule has 2 nitrogen and oxygen atoms in total. The van der Waals surface area contributed by atoms with Crippen LogP contribution in [0.25, 0.3) is 0 Å². The van der Waals surface area contributed by atoms with E-state index in [1.54, 1.807) is 16.3 Å². The molecule has 2 heterocycles. The molecule has 2 aliphatic heterocycles. The van der Waals surface area contributed by atoms with E-state index in [-0.39, 0.29) is 30.1 Å². The average Bonchev–Trinajstić information content (AvgIpc) is 3.57. The summed E-state index contributed by atoms with van der Waals surface area (Å²) in [6.07, 6.45) is 6.45. The maximum Gasteiger partial charge on any atom is 0.0194 e. The van der Waals surface area contributed by atoms with Gasteiger partial charge in [0.2, 0.25) is 0 Å². The van der Waals surface area contributed by atoms with Crippen molar-refractivity contribution in [3.63, 3.8) is 0 Å². The van der Waals surface area contributed by atoms with Crippen LogP contribution < -0.4 is 15.8 Å². The quantitative estimate of drug-likeness (QED) is 0.204. The molecule has 3 atom stereocenters. The first-order valence-corrected chi connectivity index (χ1v) is 19.8. The van der Waals surface area contributed by atoms with Crippen molar-refractivity contribution in [2.24, 2.45) is 0 Å². The van der Waals surface area contributed by atoms with Gasteiger partial charge in [-0.15, -0.1) is 22.7 Å². The summed E-state index contributed by atoms with van der Waals surface area (Å²) in [5.74, 6) is 0. The molecule has 0 aromatic heterocycles. The van der Waals surface area contributed by atoms with E-state index in [4.69, 9.17) is 0 Å². The Balaban J connectivity index is 0.000000716. The molecule has 6 heteroatoms. The maximum atomic E-state index is 3.92. The molecule has 37 heavy (non-hydrogen) atoms. The van der Waals surface area contributed by atoms with Crippen molar-refractivity contribution in [1.29, 1.82) is 0 Å². The van der Waals surface area contributed by atoms with Crippen LogP contribution in [-0.2, 0) is 28.4 Å². The van der Waals surface area contributed by atoms with E-state index in [1.807, 2.05) is 30.3 Å². The van der Waals surface area contributed by atoms with Crippen LogP contribution in [-0.4, -0.2) is 43.6 Å².